The first-order chi connectivity index (χ1) is 5.42. The highest BCUT2D eigenvalue weighted by Crippen LogP contribution is 2.22. The molecule has 0 unspecified atom stereocenters. The number of aliphatic hydroxyl groups is 1. The van der Waals surface area contributed by atoms with Crippen molar-refractivity contribution >= 4 is 21.6 Å². The van der Waals surface area contributed by atoms with Crippen LogP contribution >= 0.6 is 11.3 Å². The van der Waals surface area contributed by atoms with Crippen LogP contribution in [0.2, 0.25) is 0 Å². The van der Waals surface area contributed by atoms with E-state index in [1.54, 1.807) is 17.5 Å². The molecule has 0 saturated heterocycles. The van der Waals surface area contributed by atoms with Gasteiger partial charge in [0, 0.05) is 11.8 Å². The lowest BCUT2D eigenvalue weighted by molar-refractivity contribution is 0.283. The van der Waals surface area contributed by atoms with Crippen molar-refractivity contribution in [3.05, 3.63) is 29.3 Å². The van der Waals surface area contributed by atoms with Crippen molar-refractivity contribution in [2.24, 2.45) is 0 Å². The van der Waals surface area contributed by atoms with Gasteiger partial charge in [0.2, 0.25) is 0 Å². The molecule has 3 heteroatoms. The summed E-state index contributed by atoms with van der Waals surface area (Å²) in [6.07, 6.45) is 1.74. The van der Waals surface area contributed by atoms with Crippen LogP contribution in [-0.4, -0.2) is 10.1 Å². The maximum Gasteiger partial charge on any atom is 0.0864 e. The molecule has 0 saturated carbocycles. The molecular weight excluding hydrogens is 158 g/mol. The van der Waals surface area contributed by atoms with Gasteiger partial charge in [0.25, 0.3) is 0 Å². The minimum absolute atomic E-state index is 0.0804. The summed E-state index contributed by atoms with van der Waals surface area (Å²) in [7, 11) is 0. The van der Waals surface area contributed by atoms with Crippen LogP contribution in [0.1, 0.15) is 5.56 Å². The van der Waals surface area contributed by atoms with Crippen LogP contribution in [0.3, 0.4) is 0 Å². The smallest absolute Gasteiger partial charge is 0.0864 e. The van der Waals surface area contributed by atoms with E-state index in [9.17, 15) is 0 Å². The van der Waals surface area contributed by atoms with Gasteiger partial charge in [-0.2, -0.15) is 0 Å². The molecule has 0 bridgehead atoms. The summed E-state index contributed by atoms with van der Waals surface area (Å²) in [5.41, 5.74) is 1.85. The zero-order chi connectivity index (χ0) is 7.68. The van der Waals surface area contributed by atoms with Crippen molar-refractivity contribution in [2.75, 3.05) is 0 Å². The summed E-state index contributed by atoms with van der Waals surface area (Å²) < 4.78 is 1.14. The van der Waals surface area contributed by atoms with Gasteiger partial charge in [-0.05, 0) is 17.5 Å². The third-order valence-corrected chi connectivity index (χ3v) is 2.56. The first-order valence-corrected chi connectivity index (χ1v) is 4.22. The Labute approximate surface area is 68.1 Å². The van der Waals surface area contributed by atoms with Gasteiger partial charge in [0.15, 0.2) is 0 Å². The Hall–Kier alpha value is -0.930. The zero-order valence-corrected chi connectivity index (χ0v) is 6.64. The number of nitrogens with zero attached hydrogens (tertiary/aromatic N) is 1. The van der Waals surface area contributed by atoms with Crippen LogP contribution in [0.4, 0.5) is 0 Å². The van der Waals surface area contributed by atoms with E-state index in [1.807, 2.05) is 17.5 Å². The standard InChI is InChI=1S/C8H7NOS/c10-4-6-5-11-7-2-1-3-9-8(6)7/h1-3,5,10H,4H2. The highest BCUT2D eigenvalue weighted by molar-refractivity contribution is 7.17. The largest absolute Gasteiger partial charge is 0.392 e. The van der Waals surface area contributed by atoms with Crippen LogP contribution in [0.5, 0.6) is 0 Å². The number of aromatic nitrogens is 1. The highest BCUT2D eigenvalue weighted by Gasteiger charge is 2.01. The van der Waals surface area contributed by atoms with Crippen LogP contribution in [0.25, 0.3) is 10.2 Å². The van der Waals surface area contributed by atoms with Crippen molar-refractivity contribution in [1.29, 1.82) is 0 Å². The molecule has 0 aromatic carbocycles. The lowest BCUT2D eigenvalue weighted by Gasteiger charge is -1.89. The van der Waals surface area contributed by atoms with Crippen LogP contribution in [-0.2, 0) is 6.61 Å². The van der Waals surface area contributed by atoms with Crippen molar-refractivity contribution in [3.63, 3.8) is 0 Å². The van der Waals surface area contributed by atoms with E-state index in [0.29, 0.717) is 0 Å². The van der Waals surface area contributed by atoms with E-state index in [0.717, 1.165) is 15.8 Å². The predicted molar refractivity (Wildman–Crippen MR) is 45.5 cm³/mol. The topological polar surface area (TPSA) is 33.1 Å². The van der Waals surface area contributed by atoms with Crippen LogP contribution < -0.4 is 0 Å². The lowest BCUT2D eigenvalue weighted by Crippen LogP contribution is -1.80. The number of fused-ring (bicyclic) bond motifs is 1. The number of pyridine rings is 1. The Balaban J connectivity index is 2.76. The molecule has 0 aliphatic carbocycles. The molecular formula is C8H7NOS. The molecule has 0 atom stereocenters. The highest BCUT2D eigenvalue weighted by atomic mass is 32.1. The Bertz CT molecular complexity index is 369. The first-order valence-electron chi connectivity index (χ1n) is 3.34. The Kier molecular flexibility index (Phi) is 1.60. The number of hydrogen-bond donors (Lipinski definition) is 1. The van der Waals surface area contributed by atoms with Gasteiger partial charge < -0.3 is 5.11 Å². The molecule has 56 valence electrons. The molecule has 0 radical (unpaired) electrons. The summed E-state index contributed by atoms with van der Waals surface area (Å²) in [4.78, 5) is 4.16. The van der Waals surface area contributed by atoms with Gasteiger partial charge in [-0.1, -0.05) is 0 Å². The van der Waals surface area contributed by atoms with Gasteiger partial charge in [-0.25, -0.2) is 0 Å². The second kappa shape index (κ2) is 2.60. The average Bonchev–Trinajstić information content (AvgIpc) is 2.47. The second-order valence-corrected chi connectivity index (χ2v) is 3.18. The van der Waals surface area contributed by atoms with Gasteiger partial charge >= 0.3 is 0 Å². The van der Waals surface area contributed by atoms with Gasteiger partial charge in [0.05, 0.1) is 16.8 Å². The molecule has 2 aromatic rings. The maximum absolute atomic E-state index is 8.89. The second-order valence-electron chi connectivity index (χ2n) is 2.27. The van der Waals surface area contributed by atoms with Crippen LogP contribution in [0, 0.1) is 0 Å². The third kappa shape index (κ3) is 1.02. The summed E-state index contributed by atoms with van der Waals surface area (Å²) in [5, 5.41) is 10.8. The Morgan fingerprint density at radius 1 is 1.55 bits per heavy atom. The minimum Gasteiger partial charge on any atom is -0.392 e. The molecule has 2 rings (SSSR count). The van der Waals surface area contributed by atoms with Crippen molar-refractivity contribution < 1.29 is 5.11 Å². The van der Waals surface area contributed by atoms with Crippen molar-refractivity contribution in [1.82, 2.24) is 4.98 Å². The number of aliphatic hydroxyl groups excluding tert-OH is 1. The molecule has 0 spiro atoms. The normalized spacial score (nSPS) is 10.6. The zero-order valence-electron chi connectivity index (χ0n) is 5.82. The fourth-order valence-electron chi connectivity index (χ4n) is 1.03. The molecule has 2 aromatic heterocycles. The van der Waals surface area contributed by atoms with Crippen LogP contribution in [0.15, 0.2) is 23.7 Å². The van der Waals surface area contributed by atoms with E-state index in [2.05, 4.69) is 4.98 Å². The molecule has 0 aliphatic heterocycles. The van der Waals surface area contributed by atoms with E-state index in [4.69, 9.17) is 5.11 Å². The quantitative estimate of drug-likeness (QED) is 0.698. The van der Waals surface area contributed by atoms with Crippen molar-refractivity contribution in [3.8, 4) is 0 Å². The van der Waals surface area contributed by atoms with Gasteiger partial charge in [-0.15, -0.1) is 11.3 Å². The summed E-state index contributed by atoms with van der Waals surface area (Å²) in [6.45, 7) is 0.0804. The van der Waals surface area contributed by atoms with E-state index in [-0.39, 0.29) is 6.61 Å². The van der Waals surface area contributed by atoms with Crippen molar-refractivity contribution in [2.45, 2.75) is 6.61 Å². The third-order valence-electron chi connectivity index (χ3n) is 1.57. The first kappa shape index (κ1) is 6.76. The summed E-state index contributed by atoms with van der Waals surface area (Å²) >= 11 is 1.62. The lowest BCUT2D eigenvalue weighted by atomic mass is 10.3. The Morgan fingerprint density at radius 3 is 3.27 bits per heavy atom. The monoisotopic (exact) mass is 165 g/mol. The average molecular weight is 165 g/mol. The maximum atomic E-state index is 8.89. The predicted octanol–water partition coefficient (Wildman–Crippen LogP) is 1.79. The minimum atomic E-state index is 0.0804. The summed E-state index contributed by atoms with van der Waals surface area (Å²) in [5.74, 6) is 0. The molecule has 11 heavy (non-hydrogen) atoms. The Morgan fingerprint density at radius 2 is 2.45 bits per heavy atom. The fourth-order valence-corrected chi connectivity index (χ4v) is 1.94. The molecule has 1 N–H and O–H groups in total. The molecule has 0 aliphatic rings. The van der Waals surface area contributed by atoms with Gasteiger partial charge in [-0.3, -0.25) is 4.98 Å². The number of hydrogen-bond acceptors (Lipinski definition) is 3. The molecule has 0 amide bonds. The molecule has 2 heterocycles. The molecule has 2 nitrogen and oxygen atoms in total. The summed E-state index contributed by atoms with van der Waals surface area (Å²) in [6, 6.07) is 3.91. The number of rotatable bonds is 1. The van der Waals surface area contributed by atoms with E-state index < -0.39 is 0 Å². The number of thiophene rings is 1. The van der Waals surface area contributed by atoms with Gasteiger partial charge in [0.1, 0.15) is 0 Å². The fraction of sp³-hybridized carbons (Fsp3) is 0.125. The SMILES string of the molecule is OCc1csc2cccnc12. The van der Waals surface area contributed by atoms with E-state index >= 15 is 0 Å². The van der Waals surface area contributed by atoms with E-state index in [1.165, 1.54) is 0 Å². The molecule has 0 fully saturated rings.